The molecule has 1 saturated heterocycles. The zero-order valence-corrected chi connectivity index (χ0v) is 15.8. The molecule has 0 aliphatic carbocycles. The summed E-state index contributed by atoms with van der Waals surface area (Å²) in [7, 11) is 0. The average Bonchev–Trinajstić information content (AvgIpc) is 3.06. The molecule has 2 atom stereocenters. The number of hydrogen-bond donors (Lipinski definition) is 1. The summed E-state index contributed by atoms with van der Waals surface area (Å²) in [6.45, 7) is 2.17. The lowest BCUT2D eigenvalue weighted by molar-refractivity contribution is -0.142. The van der Waals surface area contributed by atoms with Gasteiger partial charge in [0.05, 0.1) is 5.92 Å². The van der Waals surface area contributed by atoms with E-state index in [1.165, 1.54) is 16.3 Å². The maximum atomic E-state index is 11.8. The van der Waals surface area contributed by atoms with Crippen molar-refractivity contribution >= 4 is 28.3 Å². The molecule has 0 aromatic heterocycles. The molecule has 0 radical (unpaired) electrons. The second-order valence-corrected chi connectivity index (χ2v) is 7.80. The first-order valence-electron chi connectivity index (χ1n) is 9.26. The minimum absolute atomic E-state index is 0.110. The van der Waals surface area contributed by atoms with Gasteiger partial charge in [0.2, 0.25) is 0 Å². The molecule has 4 rings (SSSR count). The number of hydrogen-bond acceptors (Lipinski definition) is 2. The largest absolute Gasteiger partial charge is 0.481 e. The monoisotopic (exact) mass is 379 g/mol. The van der Waals surface area contributed by atoms with Gasteiger partial charge in [-0.25, -0.2) is 0 Å². The van der Waals surface area contributed by atoms with Crippen molar-refractivity contribution < 1.29 is 9.90 Å². The Hall–Kier alpha value is -2.36. The van der Waals surface area contributed by atoms with E-state index in [-0.39, 0.29) is 11.8 Å². The zero-order chi connectivity index (χ0) is 18.8. The Morgan fingerprint density at radius 2 is 1.74 bits per heavy atom. The molecule has 1 heterocycles. The van der Waals surface area contributed by atoms with Gasteiger partial charge in [0.1, 0.15) is 0 Å². The van der Waals surface area contributed by atoms with Crippen LogP contribution in [0.15, 0.2) is 66.7 Å². The molecule has 0 amide bonds. The summed E-state index contributed by atoms with van der Waals surface area (Å²) < 4.78 is 0. The van der Waals surface area contributed by atoms with Crippen molar-refractivity contribution in [3.05, 3.63) is 82.9 Å². The normalized spacial score (nSPS) is 20.2. The lowest BCUT2D eigenvalue weighted by Gasteiger charge is -2.17. The highest BCUT2D eigenvalue weighted by molar-refractivity contribution is 6.30. The van der Waals surface area contributed by atoms with Crippen molar-refractivity contribution in [2.24, 2.45) is 11.8 Å². The molecule has 4 heteroatoms. The smallest absolute Gasteiger partial charge is 0.308 e. The van der Waals surface area contributed by atoms with E-state index in [0.717, 1.165) is 25.1 Å². The number of rotatable bonds is 5. The Kier molecular flexibility index (Phi) is 5.15. The van der Waals surface area contributed by atoms with Gasteiger partial charge in [-0.3, -0.25) is 9.69 Å². The zero-order valence-electron chi connectivity index (χ0n) is 15.0. The van der Waals surface area contributed by atoms with Gasteiger partial charge < -0.3 is 5.11 Å². The van der Waals surface area contributed by atoms with Gasteiger partial charge in [-0.05, 0) is 46.4 Å². The molecule has 0 unspecified atom stereocenters. The Bertz CT molecular complexity index is 949. The second-order valence-electron chi connectivity index (χ2n) is 7.37. The lowest BCUT2D eigenvalue weighted by atomic mass is 9.90. The van der Waals surface area contributed by atoms with Crippen LogP contribution < -0.4 is 0 Å². The van der Waals surface area contributed by atoms with E-state index in [1.54, 1.807) is 0 Å². The summed E-state index contributed by atoms with van der Waals surface area (Å²) in [6, 6.07) is 22.4. The van der Waals surface area contributed by atoms with Crippen LogP contribution in [0.1, 0.15) is 11.1 Å². The molecule has 27 heavy (non-hydrogen) atoms. The first-order valence-corrected chi connectivity index (χ1v) is 9.64. The van der Waals surface area contributed by atoms with E-state index in [2.05, 4.69) is 41.3 Å². The average molecular weight is 380 g/mol. The third-order valence-electron chi connectivity index (χ3n) is 5.52. The van der Waals surface area contributed by atoms with Crippen LogP contribution in [-0.4, -0.2) is 29.1 Å². The van der Waals surface area contributed by atoms with Crippen LogP contribution in [0, 0.1) is 11.8 Å². The summed E-state index contributed by atoms with van der Waals surface area (Å²) in [4.78, 5) is 14.1. The molecular formula is C23H22ClNO2. The second kappa shape index (κ2) is 7.71. The highest BCUT2D eigenvalue weighted by Gasteiger charge is 2.37. The summed E-state index contributed by atoms with van der Waals surface area (Å²) in [5.74, 6) is -0.927. The van der Waals surface area contributed by atoms with Crippen LogP contribution >= 0.6 is 11.6 Å². The van der Waals surface area contributed by atoms with Crippen molar-refractivity contribution in [2.75, 3.05) is 13.1 Å². The van der Waals surface area contributed by atoms with Crippen LogP contribution in [0.5, 0.6) is 0 Å². The van der Waals surface area contributed by atoms with Crippen LogP contribution in [0.4, 0.5) is 0 Å². The topological polar surface area (TPSA) is 40.5 Å². The van der Waals surface area contributed by atoms with Crippen molar-refractivity contribution in [2.45, 2.75) is 13.0 Å². The predicted octanol–water partition coefficient (Wildman–Crippen LogP) is 4.87. The molecule has 3 nitrogen and oxygen atoms in total. The fraction of sp³-hybridized carbons (Fsp3) is 0.261. The third-order valence-corrected chi connectivity index (χ3v) is 5.77. The summed E-state index contributed by atoms with van der Waals surface area (Å²) in [5.41, 5.74) is 2.40. The number of nitrogens with zero attached hydrogens (tertiary/aromatic N) is 1. The number of fused-ring (bicyclic) bond motifs is 1. The van der Waals surface area contributed by atoms with Gasteiger partial charge >= 0.3 is 5.97 Å². The summed E-state index contributed by atoms with van der Waals surface area (Å²) >= 11 is 5.97. The molecule has 1 fully saturated rings. The molecule has 3 aromatic rings. The number of carbonyl (C=O) groups is 1. The van der Waals surface area contributed by atoms with E-state index < -0.39 is 5.97 Å². The lowest BCUT2D eigenvalue weighted by Crippen LogP contribution is -2.24. The molecular weight excluding hydrogens is 358 g/mol. The maximum absolute atomic E-state index is 11.8. The van der Waals surface area contributed by atoms with Gasteiger partial charge in [-0.15, -0.1) is 0 Å². The first kappa shape index (κ1) is 18.0. The fourth-order valence-corrected chi connectivity index (χ4v) is 4.30. The van der Waals surface area contributed by atoms with Crippen molar-refractivity contribution in [3.63, 3.8) is 0 Å². The van der Waals surface area contributed by atoms with Gasteiger partial charge in [0.15, 0.2) is 0 Å². The Morgan fingerprint density at radius 1 is 1.00 bits per heavy atom. The molecule has 3 aromatic carbocycles. The Balaban J connectivity index is 1.52. The highest BCUT2D eigenvalue weighted by Crippen LogP contribution is 2.30. The number of aliphatic carboxylic acids is 1. The maximum Gasteiger partial charge on any atom is 0.308 e. The predicted molar refractivity (Wildman–Crippen MR) is 109 cm³/mol. The number of halogens is 1. The summed E-state index contributed by atoms with van der Waals surface area (Å²) in [5, 5.41) is 12.9. The minimum atomic E-state index is -0.700. The highest BCUT2D eigenvalue weighted by atomic mass is 35.5. The molecule has 0 saturated carbocycles. The fourth-order valence-electron chi connectivity index (χ4n) is 4.17. The minimum Gasteiger partial charge on any atom is -0.481 e. The molecule has 1 N–H and O–H groups in total. The van der Waals surface area contributed by atoms with Crippen LogP contribution in [-0.2, 0) is 17.8 Å². The van der Waals surface area contributed by atoms with E-state index in [9.17, 15) is 9.90 Å². The SMILES string of the molecule is O=C(O)[C@@H]1CN(Cc2cccc3ccccc23)C[C@H]1Cc1ccc(Cl)cc1. The van der Waals surface area contributed by atoms with Crippen molar-refractivity contribution in [1.82, 2.24) is 4.90 Å². The molecule has 0 spiro atoms. The molecule has 1 aliphatic heterocycles. The van der Waals surface area contributed by atoms with E-state index in [1.807, 2.05) is 30.3 Å². The molecule has 0 bridgehead atoms. The quantitative estimate of drug-likeness (QED) is 0.687. The standard InChI is InChI=1S/C23H22ClNO2/c24-20-10-8-16(9-11-20)12-19-14-25(15-22(19)23(26)27)13-18-6-3-5-17-4-1-2-7-21(17)18/h1-11,19,22H,12-15H2,(H,26,27)/t19-,22-/m1/s1. The van der Waals surface area contributed by atoms with Gasteiger partial charge in [0.25, 0.3) is 0 Å². The van der Waals surface area contributed by atoms with E-state index in [0.29, 0.717) is 11.6 Å². The van der Waals surface area contributed by atoms with Crippen LogP contribution in [0.25, 0.3) is 10.8 Å². The van der Waals surface area contributed by atoms with E-state index >= 15 is 0 Å². The van der Waals surface area contributed by atoms with E-state index in [4.69, 9.17) is 11.6 Å². The Labute approximate surface area is 164 Å². The number of likely N-dealkylation sites (tertiary alicyclic amines) is 1. The van der Waals surface area contributed by atoms with Crippen LogP contribution in [0.2, 0.25) is 5.02 Å². The first-order chi connectivity index (χ1) is 13.1. The van der Waals surface area contributed by atoms with Gasteiger partial charge in [0, 0.05) is 24.7 Å². The summed E-state index contributed by atoms with van der Waals surface area (Å²) in [6.07, 6.45) is 0.764. The van der Waals surface area contributed by atoms with Crippen molar-refractivity contribution in [3.8, 4) is 0 Å². The Morgan fingerprint density at radius 3 is 2.52 bits per heavy atom. The number of benzene rings is 3. The number of carboxylic acids is 1. The van der Waals surface area contributed by atoms with Gasteiger partial charge in [-0.1, -0.05) is 66.2 Å². The van der Waals surface area contributed by atoms with Crippen molar-refractivity contribution in [1.29, 1.82) is 0 Å². The molecule has 1 aliphatic rings. The number of carboxylic acid groups (broad SMARTS) is 1. The molecule has 138 valence electrons. The third kappa shape index (κ3) is 4.00. The van der Waals surface area contributed by atoms with Gasteiger partial charge in [-0.2, -0.15) is 0 Å². The van der Waals surface area contributed by atoms with Crippen LogP contribution in [0.3, 0.4) is 0 Å².